The van der Waals surface area contributed by atoms with Crippen LogP contribution in [0.4, 0.5) is 5.13 Å². The van der Waals surface area contributed by atoms with Gasteiger partial charge in [0.15, 0.2) is 11.1 Å². The molecule has 0 amide bonds. The number of aromatic nitrogens is 1. The van der Waals surface area contributed by atoms with E-state index in [1.807, 2.05) is 0 Å². The Balaban J connectivity index is 1.76. The molecule has 0 unspecified atom stereocenters. The number of rotatable bonds is 5. The van der Waals surface area contributed by atoms with Crippen molar-refractivity contribution >= 4 is 22.4 Å². The monoisotopic (exact) mass is 295 g/mol. The molecular weight excluding hydrogens is 270 g/mol. The highest BCUT2D eigenvalue weighted by Gasteiger charge is 2.15. The molecule has 0 atom stereocenters. The van der Waals surface area contributed by atoms with E-state index < -0.39 is 0 Å². The third-order valence-corrected chi connectivity index (χ3v) is 4.19. The summed E-state index contributed by atoms with van der Waals surface area (Å²) < 4.78 is 0. The van der Waals surface area contributed by atoms with Crippen molar-refractivity contribution in [2.45, 2.75) is 39.2 Å². The molecule has 1 saturated heterocycles. The van der Waals surface area contributed by atoms with Gasteiger partial charge in [0.25, 0.3) is 0 Å². The number of hydrogen-bond acceptors (Lipinski definition) is 4. The molecule has 1 fully saturated rings. The number of nitrogens with one attached hydrogen (secondary N) is 2. The van der Waals surface area contributed by atoms with E-state index in [4.69, 9.17) is 4.98 Å². The zero-order chi connectivity index (χ0) is 14.4. The first-order valence-corrected chi connectivity index (χ1v) is 8.23. The zero-order valence-corrected chi connectivity index (χ0v) is 13.5. The topological polar surface area (TPSA) is 52.6 Å². The lowest BCUT2D eigenvalue weighted by atomic mass is 10.3. The predicted molar refractivity (Wildman–Crippen MR) is 86.9 cm³/mol. The third-order valence-electron chi connectivity index (χ3n) is 3.24. The number of hydrogen-bond donors (Lipinski definition) is 2. The van der Waals surface area contributed by atoms with E-state index in [1.165, 1.54) is 23.7 Å². The molecule has 2 N–H and O–H groups in total. The van der Waals surface area contributed by atoms with Gasteiger partial charge < -0.3 is 15.5 Å². The van der Waals surface area contributed by atoms with E-state index in [2.05, 4.69) is 39.8 Å². The number of anilines is 1. The first-order valence-electron chi connectivity index (χ1n) is 7.35. The maximum Gasteiger partial charge on any atom is 0.191 e. The van der Waals surface area contributed by atoms with Gasteiger partial charge in [-0.05, 0) is 26.7 Å². The van der Waals surface area contributed by atoms with E-state index in [0.717, 1.165) is 32.0 Å². The lowest BCUT2D eigenvalue weighted by Crippen LogP contribution is -2.41. The fraction of sp³-hybridized carbons (Fsp3) is 0.714. The lowest BCUT2D eigenvalue weighted by molar-refractivity contribution is 0.696. The summed E-state index contributed by atoms with van der Waals surface area (Å²) in [4.78, 5) is 11.3. The van der Waals surface area contributed by atoms with Crippen LogP contribution in [0.3, 0.4) is 0 Å². The third kappa shape index (κ3) is 4.37. The number of aliphatic imine (C=N–C) groups is 1. The second-order valence-electron chi connectivity index (χ2n) is 5.36. The van der Waals surface area contributed by atoms with Gasteiger partial charge in [-0.15, -0.1) is 11.3 Å². The molecule has 1 aliphatic rings. The van der Waals surface area contributed by atoms with Crippen LogP contribution in [0.1, 0.15) is 32.4 Å². The van der Waals surface area contributed by atoms with E-state index in [9.17, 15) is 0 Å². The Morgan fingerprint density at radius 3 is 2.85 bits per heavy atom. The lowest BCUT2D eigenvalue weighted by Gasteiger charge is -2.14. The highest BCUT2D eigenvalue weighted by Crippen LogP contribution is 2.24. The summed E-state index contributed by atoms with van der Waals surface area (Å²) in [6, 6.07) is 0.391. The Morgan fingerprint density at radius 2 is 2.20 bits per heavy atom. The molecule has 5 nitrogen and oxygen atoms in total. The summed E-state index contributed by atoms with van der Waals surface area (Å²) in [7, 11) is 1.80. The van der Waals surface area contributed by atoms with Crippen LogP contribution in [-0.2, 0) is 6.42 Å². The first kappa shape index (κ1) is 15.1. The van der Waals surface area contributed by atoms with Gasteiger partial charge in [0.05, 0.1) is 5.69 Å². The van der Waals surface area contributed by atoms with E-state index >= 15 is 0 Å². The standard InChI is InChI=1S/C14H25N5S/c1-11(2)17-13(15-3)16-7-6-12-10-20-14(18-12)19-8-4-5-9-19/h10-11H,4-9H2,1-3H3,(H2,15,16,17). The Bertz CT molecular complexity index is 435. The second kappa shape index (κ2) is 7.47. The van der Waals surface area contributed by atoms with Crippen LogP contribution in [0.2, 0.25) is 0 Å². The van der Waals surface area contributed by atoms with Crippen molar-refractivity contribution in [2.75, 3.05) is 31.6 Å². The zero-order valence-electron chi connectivity index (χ0n) is 12.6. The van der Waals surface area contributed by atoms with Crippen molar-refractivity contribution < 1.29 is 0 Å². The Morgan fingerprint density at radius 1 is 1.45 bits per heavy atom. The quantitative estimate of drug-likeness (QED) is 0.643. The Kier molecular flexibility index (Phi) is 5.64. The van der Waals surface area contributed by atoms with Crippen molar-refractivity contribution in [1.29, 1.82) is 0 Å². The van der Waals surface area contributed by atoms with Crippen LogP contribution in [-0.4, -0.2) is 43.7 Å². The molecule has 0 radical (unpaired) electrons. The summed E-state index contributed by atoms with van der Waals surface area (Å²) in [6.45, 7) is 7.40. The molecule has 1 aromatic heterocycles. The van der Waals surface area contributed by atoms with Gasteiger partial charge in [0.1, 0.15) is 0 Å². The molecule has 2 heterocycles. The minimum Gasteiger partial charge on any atom is -0.356 e. The van der Waals surface area contributed by atoms with Gasteiger partial charge in [-0.3, -0.25) is 4.99 Å². The Labute approximate surface area is 125 Å². The van der Waals surface area contributed by atoms with Gasteiger partial charge in [-0.2, -0.15) is 0 Å². The maximum atomic E-state index is 4.72. The molecule has 1 aromatic rings. The average molecular weight is 295 g/mol. The van der Waals surface area contributed by atoms with Crippen molar-refractivity contribution in [3.63, 3.8) is 0 Å². The second-order valence-corrected chi connectivity index (χ2v) is 6.20. The van der Waals surface area contributed by atoms with E-state index in [-0.39, 0.29) is 0 Å². The van der Waals surface area contributed by atoms with Crippen LogP contribution < -0.4 is 15.5 Å². The fourth-order valence-electron chi connectivity index (χ4n) is 2.24. The predicted octanol–water partition coefficient (Wildman–Crippen LogP) is 1.86. The van der Waals surface area contributed by atoms with Crippen LogP contribution >= 0.6 is 11.3 Å². The largest absolute Gasteiger partial charge is 0.356 e. The minimum atomic E-state index is 0.391. The highest BCUT2D eigenvalue weighted by molar-refractivity contribution is 7.13. The van der Waals surface area contributed by atoms with Crippen molar-refractivity contribution in [1.82, 2.24) is 15.6 Å². The summed E-state index contributed by atoms with van der Waals surface area (Å²) >= 11 is 1.76. The molecule has 1 aliphatic heterocycles. The molecule has 0 bridgehead atoms. The summed E-state index contributed by atoms with van der Waals surface area (Å²) in [5, 5.41) is 9.95. The van der Waals surface area contributed by atoms with Crippen LogP contribution in [0.15, 0.2) is 10.4 Å². The molecule has 20 heavy (non-hydrogen) atoms. The van der Waals surface area contributed by atoms with Crippen molar-refractivity contribution in [3.05, 3.63) is 11.1 Å². The van der Waals surface area contributed by atoms with Crippen LogP contribution in [0.5, 0.6) is 0 Å². The van der Waals surface area contributed by atoms with Crippen LogP contribution in [0.25, 0.3) is 0 Å². The SMILES string of the molecule is CN=C(NCCc1csc(N2CCCC2)n1)NC(C)C. The van der Waals surface area contributed by atoms with Crippen LogP contribution in [0, 0.1) is 0 Å². The van der Waals surface area contributed by atoms with Gasteiger partial charge in [0.2, 0.25) is 0 Å². The summed E-state index contributed by atoms with van der Waals surface area (Å²) in [6.07, 6.45) is 3.53. The molecule has 112 valence electrons. The van der Waals surface area contributed by atoms with Gasteiger partial charge in [-0.1, -0.05) is 0 Å². The molecule has 0 aliphatic carbocycles. The van der Waals surface area contributed by atoms with Gasteiger partial charge >= 0.3 is 0 Å². The number of thiazole rings is 1. The van der Waals surface area contributed by atoms with Gasteiger partial charge in [0, 0.05) is 44.5 Å². The number of nitrogens with zero attached hydrogens (tertiary/aromatic N) is 3. The Hall–Kier alpha value is -1.30. The normalized spacial score (nSPS) is 16.0. The summed E-state index contributed by atoms with van der Waals surface area (Å²) in [5.74, 6) is 0.856. The molecular formula is C14H25N5S. The molecule has 0 aromatic carbocycles. The summed E-state index contributed by atoms with van der Waals surface area (Å²) in [5.41, 5.74) is 1.17. The average Bonchev–Trinajstić information content (AvgIpc) is 3.07. The van der Waals surface area contributed by atoms with E-state index in [0.29, 0.717) is 6.04 Å². The minimum absolute atomic E-state index is 0.391. The van der Waals surface area contributed by atoms with E-state index in [1.54, 1.807) is 18.4 Å². The number of guanidine groups is 1. The molecule has 0 spiro atoms. The first-order chi connectivity index (χ1) is 9.69. The van der Waals surface area contributed by atoms with Crippen molar-refractivity contribution in [3.8, 4) is 0 Å². The highest BCUT2D eigenvalue weighted by atomic mass is 32.1. The maximum absolute atomic E-state index is 4.72. The molecule has 0 saturated carbocycles. The molecule has 6 heteroatoms. The molecule has 2 rings (SSSR count). The van der Waals surface area contributed by atoms with Gasteiger partial charge in [-0.25, -0.2) is 4.98 Å². The van der Waals surface area contributed by atoms with Crippen molar-refractivity contribution in [2.24, 2.45) is 4.99 Å². The fourth-order valence-corrected chi connectivity index (χ4v) is 3.16. The smallest absolute Gasteiger partial charge is 0.191 e.